The summed E-state index contributed by atoms with van der Waals surface area (Å²) in [4.78, 5) is 5.40. The second-order valence-electron chi connectivity index (χ2n) is 7.47. The Morgan fingerprint density at radius 2 is 1.60 bits per heavy atom. The van der Waals surface area contributed by atoms with Crippen molar-refractivity contribution in [1.82, 2.24) is 15.1 Å². The van der Waals surface area contributed by atoms with Crippen LogP contribution in [0.4, 0.5) is 0 Å². The van der Waals surface area contributed by atoms with Crippen molar-refractivity contribution in [3.63, 3.8) is 0 Å². The second kappa shape index (κ2) is 7.77. The van der Waals surface area contributed by atoms with Crippen LogP contribution in [-0.2, 0) is 0 Å². The predicted molar refractivity (Wildman–Crippen MR) is 87.2 cm³/mol. The van der Waals surface area contributed by atoms with Gasteiger partial charge in [-0.1, -0.05) is 27.2 Å². The molecule has 2 aliphatic rings. The first-order valence-corrected chi connectivity index (χ1v) is 8.79. The predicted octanol–water partition coefficient (Wildman–Crippen LogP) is 2.43. The van der Waals surface area contributed by atoms with E-state index in [1.807, 2.05) is 0 Å². The molecule has 0 saturated carbocycles. The molecule has 2 fully saturated rings. The minimum atomic E-state index is 0.611. The zero-order chi connectivity index (χ0) is 14.4. The van der Waals surface area contributed by atoms with Gasteiger partial charge in [-0.25, -0.2) is 0 Å². The highest BCUT2D eigenvalue weighted by molar-refractivity contribution is 4.88. The molecule has 0 amide bonds. The van der Waals surface area contributed by atoms with Gasteiger partial charge in [-0.3, -0.25) is 0 Å². The van der Waals surface area contributed by atoms with Crippen molar-refractivity contribution >= 4 is 0 Å². The van der Waals surface area contributed by atoms with Gasteiger partial charge in [0.15, 0.2) is 0 Å². The van der Waals surface area contributed by atoms with Crippen LogP contribution in [0.5, 0.6) is 0 Å². The Bertz CT molecular complexity index is 258. The van der Waals surface area contributed by atoms with Crippen LogP contribution in [0.3, 0.4) is 0 Å². The normalized spacial score (nSPS) is 25.2. The lowest BCUT2D eigenvalue weighted by atomic mass is 9.75. The third-order valence-corrected chi connectivity index (χ3v) is 5.09. The zero-order valence-electron chi connectivity index (χ0n) is 14.0. The third-order valence-electron chi connectivity index (χ3n) is 5.09. The van der Waals surface area contributed by atoms with Gasteiger partial charge < -0.3 is 15.1 Å². The molecular weight excluding hydrogens is 246 g/mol. The summed E-state index contributed by atoms with van der Waals surface area (Å²) in [6.07, 6.45) is 5.52. The first kappa shape index (κ1) is 16.3. The molecule has 118 valence electrons. The molecule has 3 nitrogen and oxygen atoms in total. The molecule has 0 aliphatic carbocycles. The summed E-state index contributed by atoms with van der Waals surface area (Å²) in [5.41, 5.74) is 0.611. The summed E-state index contributed by atoms with van der Waals surface area (Å²) >= 11 is 0. The highest BCUT2D eigenvalue weighted by Gasteiger charge is 2.33. The molecular formula is C17H35N3. The topological polar surface area (TPSA) is 18.5 Å². The Morgan fingerprint density at radius 1 is 1.00 bits per heavy atom. The Labute approximate surface area is 126 Å². The Morgan fingerprint density at radius 3 is 2.15 bits per heavy atom. The monoisotopic (exact) mass is 281 g/mol. The van der Waals surface area contributed by atoms with Gasteiger partial charge in [0.25, 0.3) is 0 Å². The molecule has 0 unspecified atom stereocenters. The molecule has 2 aliphatic heterocycles. The van der Waals surface area contributed by atoms with E-state index in [-0.39, 0.29) is 0 Å². The van der Waals surface area contributed by atoms with Gasteiger partial charge in [0.05, 0.1) is 0 Å². The van der Waals surface area contributed by atoms with E-state index in [0.717, 1.165) is 5.92 Å². The lowest BCUT2D eigenvalue weighted by molar-refractivity contribution is 0.0572. The fraction of sp³-hybridized carbons (Fsp3) is 1.00. The second-order valence-corrected chi connectivity index (χ2v) is 7.47. The first-order valence-electron chi connectivity index (χ1n) is 8.79. The standard InChI is InChI=1S/C17H35N3/c1-4-5-17(6-8-18-9-7-17)15-20-12-10-19(11-13-20)14-16(2)3/h16,18H,4-15H2,1-3H3. The van der Waals surface area contributed by atoms with Crippen molar-refractivity contribution in [3.05, 3.63) is 0 Å². The quantitative estimate of drug-likeness (QED) is 0.807. The van der Waals surface area contributed by atoms with Gasteiger partial charge in [-0.2, -0.15) is 0 Å². The third kappa shape index (κ3) is 4.71. The van der Waals surface area contributed by atoms with E-state index in [4.69, 9.17) is 0 Å². The van der Waals surface area contributed by atoms with Crippen LogP contribution in [0.15, 0.2) is 0 Å². The summed E-state index contributed by atoms with van der Waals surface area (Å²) in [5.74, 6) is 0.803. The molecule has 0 atom stereocenters. The molecule has 0 bridgehead atoms. The van der Waals surface area contributed by atoms with Crippen molar-refractivity contribution < 1.29 is 0 Å². The zero-order valence-corrected chi connectivity index (χ0v) is 14.0. The van der Waals surface area contributed by atoms with Gasteiger partial charge in [0.1, 0.15) is 0 Å². The van der Waals surface area contributed by atoms with Gasteiger partial charge in [0.2, 0.25) is 0 Å². The average molecular weight is 281 g/mol. The lowest BCUT2D eigenvalue weighted by Crippen LogP contribution is -2.52. The van der Waals surface area contributed by atoms with E-state index in [1.54, 1.807) is 0 Å². The maximum Gasteiger partial charge on any atom is 0.0110 e. The number of rotatable bonds is 6. The summed E-state index contributed by atoms with van der Waals surface area (Å²) in [6, 6.07) is 0. The highest BCUT2D eigenvalue weighted by Crippen LogP contribution is 2.35. The Balaban J connectivity index is 1.80. The van der Waals surface area contributed by atoms with E-state index in [0.29, 0.717) is 5.41 Å². The van der Waals surface area contributed by atoms with Crippen LogP contribution < -0.4 is 5.32 Å². The highest BCUT2D eigenvalue weighted by atomic mass is 15.3. The van der Waals surface area contributed by atoms with Crippen molar-refractivity contribution in [3.8, 4) is 0 Å². The van der Waals surface area contributed by atoms with Crippen LogP contribution in [0.1, 0.15) is 46.5 Å². The maximum atomic E-state index is 3.54. The van der Waals surface area contributed by atoms with E-state index >= 15 is 0 Å². The fourth-order valence-electron chi connectivity index (χ4n) is 4.10. The molecule has 0 aromatic carbocycles. The number of hydrogen-bond acceptors (Lipinski definition) is 3. The fourth-order valence-corrected chi connectivity index (χ4v) is 4.10. The lowest BCUT2D eigenvalue weighted by Gasteiger charge is -2.44. The van der Waals surface area contributed by atoms with Gasteiger partial charge >= 0.3 is 0 Å². The van der Waals surface area contributed by atoms with E-state index in [9.17, 15) is 0 Å². The van der Waals surface area contributed by atoms with Crippen molar-refractivity contribution in [2.75, 3.05) is 52.4 Å². The minimum absolute atomic E-state index is 0.611. The molecule has 3 heteroatoms. The minimum Gasteiger partial charge on any atom is -0.317 e. The summed E-state index contributed by atoms with van der Waals surface area (Å²) in [6.45, 7) is 17.2. The van der Waals surface area contributed by atoms with E-state index in [2.05, 4.69) is 35.9 Å². The molecule has 2 heterocycles. The Hall–Kier alpha value is -0.120. The number of nitrogens with one attached hydrogen (secondary N) is 1. The molecule has 0 radical (unpaired) electrons. The largest absolute Gasteiger partial charge is 0.317 e. The van der Waals surface area contributed by atoms with Crippen LogP contribution in [0.2, 0.25) is 0 Å². The average Bonchev–Trinajstić information content (AvgIpc) is 2.42. The van der Waals surface area contributed by atoms with E-state index in [1.165, 1.54) is 78.0 Å². The summed E-state index contributed by atoms with van der Waals surface area (Å²) < 4.78 is 0. The molecule has 1 N–H and O–H groups in total. The Kier molecular flexibility index (Phi) is 6.31. The SMILES string of the molecule is CCCC1(CN2CCN(CC(C)C)CC2)CCNCC1. The summed E-state index contributed by atoms with van der Waals surface area (Å²) in [7, 11) is 0. The first-order chi connectivity index (χ1) is 9.63. The van der Waals surface area contributed by atoms with Crippen molar-refractivity contribution in [2.24, 2.45) is 11.3 Å². The number of hydrogen-bond donors (Lipinski definition) is 1. The number of piperidine rings is 1. The van der Waals surface area contributed by atoms with Gasteiger partial charge in [-0.05, 0) is 43.7 Å². The molecule has 2 saturated heterocycles. The maximum absolute atomic E-state index is 3.54. The van der Waals surface area contributed by atoms with E-state index < -0.39 is 0 Å². The summed E-state index contributed by atoms with van der Waals surface area (Å²) in [5, 5.41) is 3.54. The van der Waals surface area contributed by atoms with Crippen molar-refractivity contribution in [2.45, 2.75) is 46.5 Å². The number of nitrogens with zero attached hydrogens (tertiary/aromatic N) is 2. The smallest absolute Gasteiger partial charge is 0.0110 e. The number of piperazine rings is 1. The van der Waals surface area contributed by atoms with Gasteiger partial charge in [-0.15, -0.1) is 0 Å². The van der Waals surface area contributed by atoms with Crippen LogP contribution in [0.25, 0.3) is 0 Å². The molecule has 20 heavy (non-hydrogen) atoms. The van der Waals surface area contributed by atoms with Crippen molar-refractivity contribution in [1.29, 1.82) is 0 Å². The molecule has 2 rings (SSSR count). The van der Waals surface area contributed by atoms with Crippen LogP contribution in [0, 0.1) is 11.3 Å². The molecule has 0 aromatic rings. The molecule has 0 spiro atoms. The molecule has 0 aromatic heterocycles. The van der Waals surface area contributed by atoms with Crippen LogP contribution >= 0.6 is 0 Å². The van der Waals surface area contributed by atoms with Crippen LogP contribution in [-0.4, -0.2) is 62.2 Å². The van der Waals surface area contributed by atoms with Gasteiger partial charge in [0, 0.05) is 39.3 Å².